The van der Waals surface area contributed by atoms with Crippen molar-refractivity contribution in [3.8, 4) is 22.6 Å². The summed E-state index contributed by atoms with van der Waals surface area (Å²) in [4.78, 5) is 26.2. The van der Waals surface area contributed by atoms with Crippen molar-refractivity contribution in [1.29, 1.82) is 0 Å². The summed E-state index contributed by atoms with van der Waals surface area (Å²) in [5.41, 5.74) is 1.27. The number of methoxy groups -OCH3 is 1. The van der Waals surface area contributed by atoms with Gasteiger partial charge in [0.1, 0.15) is 23.7 Å². The smallest absolute Gasteiger partial charge is 0.375 e. The van der Waals surface area contributed by atoms with Crippen LogP contribution in [0.1, 0.15) is 23.0 Å². The second-order valence-electron chi connectivity index (χ2n) is 7.13. The first-order chi connectivity index (χ1) is 16.0. The van der Waals surface area contributed by atoms with Crippen LogP contribution in [0.5, 0.6) is 11.5 Å². The summed E-state index contributed by atoms with van der Waals surface area (Å²) in [6.45, 7) is 2.09. The molecule has 33 heavy (non-hydrogen) atoms. The van der Waals surface area contributed by atoms with E-state index in [0.29, 0.717) is 27.5 Å². The van der Waals surface area contributed by atoms with Gasteiger partial charge in [-0.05, 0) is 42.8 Å². The largest absolute Gasteiger partial charge is 0.496 e. The molecular formula is C26H21ClO6. The van der Waals surface area contributed by atoms with E-state index in [4.69, 9.17) is 30.2 Å². The molecule has 0 fully saturated rings. The molecule has 6 nitrogen and oxygen atoms in total. The number of hydrogen-bond acceptors (Lipinski definition) is 6. The van der Waals surface area contributed by atoms with Gasteiger partial charge in [-0.15, -0.1) is 0 Å². The monoisotopic (exact) mass is 464 g/mol. The van der Waals surface area contributed by atoms with Gasteiger partial charge in [-0.25, -0.2) is 4.79 Å². The molecule has 0 amide bonds. The molecule has 3 aromatic carbocycles. The molecule has 4 aromatic rings. The van der Waals surface area contributed by atoms with E-state index in [-0.39, 0.29) is 35.5 Å². The van der Waals surface area contributed by atoms with Gasteiger partial charge in [-0.2, -0.15) is 0 Å². The van der Waals surface area contributed by atoms with Crippen LogP contribution in [0, 0.1) is 0 Å². The Morgan fingerprint density at radius 2 is 1.85 bits per heavy atom. The highest BCUT2D eigenvalue weighted by Crippen LogP contribution is 2.33. The lowest BCUT2D eigenvalue weighted by Gasteiger charge is -2.13. The molecule has 4 rings (SSSR count). The van der Waals surface area contributed by atoms with Crippen LogP contribution >= 0.6 is 11.6 Å². The zero-order chi connectivity index (χ0) is 23.4. The van der Waals surface area contributed by atoms with Gasteiger partial charge in [-0.3, -0.25) is 4.79 Å². The van der Waals surface area contributed by atoms with Crippen molar-refractivity contribution >= 4 is 28.5 Å². The van der Waals surface area contributed by atoms with Crippen LogP contribution in [0.2, 0.25) is 5.02 Å². The minimum Gasteiger partial charge on any atom is -0.496 e. The number of benzene rings is 3. The van der Waals surface area contributed by atoms with Crippen molar-refractivity contribution in [2.24, 2.45) is 0 Å². The van der Waals surface area contributed by atoms with Crippen molar-refractivity contribution in [2.75, 3.05) is 13.7 Å². The van der Waals surface area contributed by atoms with E-state index < -0.39 is 5.97 Å². The highest BCUT2D eigenvalue weighted by Gasteiger charge is 2.25. The van der Waals surface area contributed by atoms with Crippen LogP contribution < -0.4 is 14.9 Å². The number of carbonyl (C=O) groups is 1. The molecule has 0 spiro atoms. The number of fused-ring (bicyclic) bond motifs is 1. The third-order valence-corrected chi connectivity index (χ3v) is 5.23. The average molecular weight is 465 g/mol. The second kappa shape index (κ2) is 9.79. The Morgan fingerprint density at radius 1 is 1.03 bits per heavy atom. The van der Waals surface area contributed by atoms with E-state index in [0.717, 1.165) is 5.56 Å². The number of hydrogen-bond donors (Lipinski definition) is 0. The fourth-order valence-electron chi connectivity index (χ4n) is 3.49. The van der Waals surface area contributed by atoms with E-state index in [2.05, 4.69) is 0 Å². The predicted octanol–water partition coefficient (Wildman–Crippen LogP) is 5.88. The Morgan fingerprint density at radius 3 is 2.61 bits per heavy atom. The lowest BCUT2D eigenvalue weighted by atomic mass is 10.0. The Labute approximate surface area is 195 Å². The van der Waals surface area contributed by atoms with Crippen LogP contribution in [0.4, 0.5) is 0 Å². The number of carbonyl (C=O) groups excluding carboxylic acids is 1. The molecule has 1 aromatic heterocycles. The highest BCUT2D eigenvalue weighted by atomic mass is 35.5. The molecule has 1 heterocycles. The van der Waals surface area contributed by atoms with Crippen LogP contribution in [0.15, 0.2) is 75.9 Å². The van der Waals surface area contributed by atoms with E-state index in [1.165, 1.54) is 7.11 Å². The maximum atomic E-state index is 13.5. The van der Waals surface area contributed by atoms with Crippen LogP contribution in [0.25, 0.3) is 22.1 Å². The van der Waals surface area contributed by atoms with E-state index in [9.17, 15) is 9.59 Å². The van der Waals surface area contributed by atoms with Crippen LogP contribution in [-0.4, -0.2) is 19.7 Å². The first kappa shape index (κ1) is 22.4. The van der Waals surface area contributed by atoms with Crippen molar-refractivity contribution in [3.63, 3.8) is 0 Å². The molecule has 0 saturated heterocycles. The highest BCUT2D eigenvalue weighted by molar-refractivity contribution is 6.30. The number of halogens is 1. The van der Waals surface area contributed by atoms with Gasteiger partial charge in [0.05, 0.1) is 24.7 Å². The SMILES string of the molecule is CCOC(=O)c1oc2cc(OCc3cccc(Cl)c3)ccc2c(=O)c1-c1ccccc1OC. The molecule has 0 aliphatic rings. The van der Waals surface area contributed by atoms with Crippen molar-refractivity contribution in [3.05, 3.63) is 93.3 Å². The van der Waals surface area contributed by atoms with Crippen molar-refractivity contribution < 1.29 is 23.4 Å². The van der Waals surface area contributed by atoms with Gasteiger partial charge in [0.15, 0.2) is 0 Å². The van der Waals surface area contributed by atoms with Crippen molar-refractivity contribution in [1.82, 2.24) is 0 Å². The van der Waals surface area contributed by atoms with Gasteiger partial charge in [0.2, 0.25) is 11.2 Å². The summed E-state index contributed by atoms with van der Waals surface area (Å²) in [7, 11) is 1.50. The first-order valence-electron chi connectivity index (χ1n) is 10.3. The lowest BCUT2D eigenvalue weighted by molar-refractivity contribution is 0.0492. The van der Waals surface area contributed by atoms with Crippen LogP contribution in [-0.2, 0) is 11.3 Å². The number of para-hydroxylation sites is 1. The molecule has 0 atom stereocenters. The zero-order valence-corrected chi connectivity index (χ0v) is 18.8. The zero-order valence-electron chi connectivity index (χ0n) is 18.1. The maximum absolute atomic E-state index is 13.5. The molecule has 0 unspecified atom stereocenters. The average Bonchev–Trinajstić information content (AvgIpc) is 2.82. The third kappa shape index (κ3) is 4.71. The molecule has 168 valence electrons. The summed E-state index contributed by atoms with van der Waals surface area (Å²) >= 11 is 6.02. The van der Waals surface area contributed by atoms with E-state index in [1.54, 1.807) is 61.5 Å². The Balaban J connectivity index is 1.81. The second-order valence-corrected chi connectivity index (χ2v) is 7.57. The Kier molecular flexibility index (Phi) is 6.66. The first-order valence-corrected chi connectivity index (χ1v) is 10.7. The van der Waals surface area contributed by atoms with Gasteiger partial charge in [-0.1, -0.05) is 41.9 Å². The van der Waals surface area contributed by atoms with Crippen molar-refractivity contribution in [2.45, 2.75) is 13.5 Å². The topological polar surface area (TPSA) is 75.0 Å². The van der Waals surface area contributed by atoms with E-state index >= 15 is 0 Å². The standard InChI is InChI=1S/C26H21ClO6/c1-3-31-26(29)25-23(19-9-4-5-10-21(19)30-2)24(28)20-12-11-18(14-22(20)33-25)32-15-16-7-6-8-17(27)13-16/h4-14H,3,15H2,1-2H3. The van der Waals surface area contributed by atoms with Gasteiger partial charge in [0.25, 0.3) is 0 Å². The van der Waals surface area contributed by atoms with E-state index in [1.807, 2.05) is 12.1 Å². The Bertz CT molecular complexity index is 1380. The minimum atomic E-state index is -0.734. The van der Waals surface area contributed by atoms with Gasteiger partial charge < -0.3 is 18.6 Å². The summed E-state index contributed by atoms with van der Waals surface area (Å²) < 4.78 is 22.3. The maximum Gasteiger partial charge on any atom is 0.375 e. The summed E-state index contributed by atoms with van der Waals surface area (Å²) in [6, 6.07) is 19.1. The number of rotatable bonds is 7. The molecule has 7 heteroatoms. The molecule has 0 saturated carbocycles. The molecule has 0 aliphatic carbocycles. The van der Waals surface area contributed by atoms with Gasteiger partial charge >= 0.3 is 5.97 Å². The summed E-state index contributed by atoms with van der Waals surface area (Å²) in [5, 5.41) is 0.919. The Hall–Kier alpha value is -3.77. The summed E-state index contributed by atoms with van der Waals surface area (Å²) in [5.74, 6) is -0.00449. The number of ether oxygens (including phenoxy) is 3. The fourth-order valence-corrected chi connectivity index (χ4v) is 3.71. The molecule has 0 radical (unpaired) electrons. The molecular weight excluding hydrogens is 444 g/mol. The molecule has 0 N–H and O–H groups in total. The quantitative estimate of drug-likeness (QED) is 0.318. The predicted molar refractivity (Wildman–Crippen MR) is 126 cm³/mol. The molecule has 0 aliphatic heterocycles. The summed E-state index contributed by atoms with van der Waals surface area (Å²) in [6.07, 6.45) is 0. The normalized spacial score (nSPS) is 10.8. The van der Waals surface area contributed by atoms with Crippen LogP contribution in [0.3, 0.4) is 0 Å². The lowest BCUT2D eigenvalue weighted by Crippen LogP contribution is -2.15. The van der Waals surface area contributed by atoms with Gasteiger partial charge in [0, 0.05) is 16.7 Å². The minimum absolute atomic E-state index is 0.0889. The third-order valence-electron chi connectivity index (χ3n) is 5.00. The number of esters is 1. The fraction of sp³-hybridized carbons (Fsp3) is 0.154. The molecule has 0 bridgehead atoms.